The first-order valence-electron chi connectivity index (χ1n) is 4.60. The van der Waals surface area contributed by atoms with Gasteiger partial charge < -0.3 is 4.74 Å². The molecule has 0 saturated carbocycles. The Kier molecular flexibility index (Phi) is 3.97. The van der Waals surface area contributed by atoms with Gasteiger partial charge >= 0.3 is 5.97 Å². The lowest BCUT2D eigenvalue weighted by Crippen LogP contribution is -2.04. The molecule has 0 spiro atoms. The lowest BCUT2D eigenvalue weighted by molar-refractivity contribution is -0.134. The Labute approximate surface area is 87.6 Å². The van der Waals surface area contributed by atoms with E-state index < -0.39 is 5.97 Å². The Morgan fingerprint density at radius 3 is 2.93 bits per heavy atom. The van der Waals surface area contributed by atoms with Crippen molar-refractivity contribution in [2.24, 2.45) is 4.99 Å². The largest absolute Gasteiger partial charge is 0.462 e. The molecule has 0 aliphatic rings. The molecule has 0 aliphatic heterocycles. The molecule has 0 unspecified atom stereocenters. The first-order valence-corrected chi connectivity index (χ1v) is 4.60. The van der Waals surface area contributed by atoms with Gasteiger partial charge in [-0.2, -0.15) is 0 Å². The van der Waals surface area contributed by atoms with Gasteiger partial charge in [0.2, 0.25) is 0 Å². The highest BCUT2D eigenvalue weighted by Crippen LogP contribution is 2.18. The number of aliphatic imine (C=N–C) groups is 1. The van der Waals surface area contributed by atoms with Gasteiger partial charge in [-0.15, -0.1) is 0 Å². The van der Waals surface area contributed by atoms with Gasteiger partial charge in [-0.1, -0.05) is 0 Å². The molecule has 0 fully saturated rings. The summed E-state index contributed by atoms with van der Waals surface area (Å²) in [5.74, 6) is -0.816. The van der Waals surface area contributed by atoms with E-state index in [4.69, 9.17) is 0 Å². The second-order valence-electron chi connectivity index (χ2n) is 2.94. The van der Waals surface area contributed by atoms with Crippen LogP contribution in [0.4, 0.5) is 10.1 Å². The predicted molar refractivity (Wildman–Crippen MR) is 55.9 cm³/mol. The minimum absolute atomic E-state index is 0.313. The molecule has 0 saturated heterocycles. The molecular formula is C11H12FNO2. The summed E-state index contributed by atoms with van der Waals surface area (Å²) in [5.41, 5.74) is 1.24. The molecule has 0 bridgehead atoms. The van der Waals surface area contributed by atoms with Crippen LogP contribution in [0, 0.1) is 12.7 Å². The number of carbonyl (C=O) groups excluding carboxylic acids is 1. The SMILES string of the molecule is CCOC(=O)/C=N/c1ccc(F)cc1C. The maximum Gasteiger partial charge on any atom is 0.349 e. The molecule has 15 heavy (non-hydrogen) atoms. The van der Waals surface area contributed by atoms with Crippen LogP contribution in [0.1, 0.15) is 12.5 Å². The highest BCUT2D eigenvalue weighted by Gasteiger charge is 1.99. The smallest absolute Gasteiger partial charge is 0.349 e. The molecular weight excluding hydrogens is 197 g/mol. The number of carbonyl (C=O) groups is 1. The number of esters is 1. The van der Waals surface area contributed by atoms with Gasteiger partial charge in [-0.05, 0) is 37.6 Å². The van der Waals surface area contributed by atoms with E-state index in [9.17, 15) is 9.18 Å². The fourth-order valence-electron chi connectivity index (χ4n) is 1.07. The molecule has 0 heterocycles. The zero-order valence-electron chi connectivity index (χ0n) is 8.66. The molecule has 0 aliphatic carbocycles. The van der Waals surface area contributed by atoms with Crippen molar-refractivity contribution in [3.05, 3.63) is 29.6 Å². The van der Waals surface area contributed by atoms with Crippen LogP contribution in [-0.4, -0.2) is 18.8 Å². The number of aryl methyl sites for hydroxylation is 1. The molecule has 80 valence electrons. The minimum Gasteiger partial charge on any atom is -0.462 e. The van der Waals surface area contributed by atoms with E-state index in [-0.39, 0.29) is 5.82 Å². The normalized spacial score (nSPS) is 10.6. The van der Waals surface area contributed by atoms with Gasteiger partial charge in [0, 0.05) is 0 Å². The Morgan fingerprint density at radius 1 is 1.60 bits per heavy atom. The van der Waals surface area contributed by atoms with E-state index in [1.165, 1.54) is 18.2 Å². The van der Waals surface area contributed by atoms with Crippen LogP contribution in [0.5, 0.6) is 0 Å². The summed E-state index contributed by atoms with van der Waals surface area (Å²) in [6.07, 6.45) is 1.09. The second kappa shape index (κ2) is 5.24. The van der Waals surface area contributed by atoms with Crippen LogP contribution in [0.25, 0.3) is 0 Å². The fraction of sp³-hybridized carbons (Fsp3) is 0.273. The number of hydrogen-bond acceptors (Lipinski definition) is 3. The Bertz CT molecular complexity index is 388. The standard InChI is InChI=1S/C11H12FNO2/c1-3-15-11(14)7-13-10-5-4-9(12)6-8(10)2/h4-7H,3H2,1-2H3/b13-7+. The second-order valence-corrected chi connectivity index (χ2v) is 2.94. The molecule has 1 rings (SSSR count). The van der Waals surface area contributed by atoms with Gasteiger partial charge in [-0.25, -0.2) is 14.2 Å². The number of nitrogens with zero attached hydrogens (tertiary/aromatic N) is 1. The average molecular weight is 209 g/mol. The van der Waals surface area contributed by atoms with Gasteiger partial charge in [0.1, 0.15) is 12.0 Å². The van der Waals surface area contributed by atoms with E-state index in [1.54, 1.807) is 13.8 Å². The van der Waals surface area contributed by atoms with Crippen LogP contribution in [-0.2, 0) is 9.53 Å². The van der Waals surface area contributed by atoms with Crippen LogP contribution in [0.2, 0.25) is 0 Å². The maximum absolute atomic E-state index is 12.7. The molecule has 0 radical (unpaired) electrons. The molecule has 1 aromatic carbocycles. The Hall–Kier alpha value is -1.71. The van der Waals surface area contributed by atoms with E-state index >= 15 is 0 Å². The molecule has 0 atom stereocenters. The third kappa shape index (κ3) is 3.50. The van der Waals surface area contributed by atoms with Crippen molar-refractivity contribution < 1.29 is 13.9 Å². The van der Waals surface area contributed by atoms with Crippen molar-refractivity contribution in [3.8, 4) is 0 Å². The Balaban J connectivity index is 2.76. The summed E-state index contributed by atoms with van der Waals surface area (Å²) in [6, 6.07) is 4.17. The predicted octanol–water partition coefficient (Wildman–Crippen LogP) is 2.40. The highest BCUT2D eigenvalue weighted by molar-refractivity contribution is 6.23. The first kappa shape index (κ1) is 11.4. The van der Waals surface area contributed by atoms with Crippen LogP contribution >= 0.6 is 0 Å². The van der Waals surface area contributed by atoms with E-state index in [1.807, 2.05) is 0 Å². The fourth-order valence-corrected chi connectivity index (χ4v) is 1.07. The van der Waals surface area contributed by atoms with Crippen molar-refractivity contribution in [2.75, 3.05) is 6.61 Å². The molecule has 3 nitrogen and oxygen atoms in total. The van der Waals surface area contributed by atoms with Gasteiger partial charge in [-0.3, -0.25) is 0 Å². The minimum atomic E-state index is -0.499. The summed E-state index contributed by atoms with van der Waals surface area (Å²) in [4.78, 5) is 14.8. The van der Waals surface area contributed by atoms with Crippen molar-refractivity contribution in [1.29, 1.82) is 0 Å². The third-order valence-corrected chi connectivity index (χ3v) is 1.75. The van der Waals surface area contributed by atoms with Crippen molar-refractivity contribution >= 4 is 17.9 Å². The highest BCUT2D eigenvalue weighted by atomic mass is 19.1. The van der Waals surface area contributed by atoms with Crippen LogP contribution in [0.15, 0.2) is 23.2 Å². The van der Waals surface area contributed by atoms with Crippen molar-refractivity contribution in [1.82, 2.24) is 0 Å². The summed E-state index contributed by atoms with van der Waals surface area (Å²) >= 11 is 0. The lowest BCUT2D eigenvalue weighted by Gasteiger charge is -1.99. The van der Waals surface area contributed by atoms with Gasteiger partial charge in [0.25, 0.3) is 0 Å². The molecule has 0 aromatic heterocycles. The molecule has 4 heteroatoms. The topological polar surface area (TPSA) is 38.7 Å². The van der Waals surface area contributed by atoms with Crippen molar-refractivity contribution in [2.45, 2.75) is 13.8 Å². The molecule has 1 aromatic rings. The zero-order valence-corrected chi connectivity index (χ0v) is 8.66. The number of rotatable bonds is 3. The quantitative estimate of drug-likeness (QED) is 0.566. The van der Waals surface area contributed by atoms with Crippen LogP contribution < -0.4 is 0 Å². The summed E-state index contributed by atoms with van der Waals surface area (Å²) in [6.45, 7) is 3.75. The van der Waals surface area contributed by atoms with E-state index in [0.717, 1.165) is 6.21 Å². The lowest BCUT2D eigenvalue weighted by atomic mass is 10.2. The molecule has 0 N–H and O–H groups in total. The van der Waals surface area contributed by atoms with E-state index in [0.29, 0.717) is 17.9 Å². The number of ether oxygens (including phenoxy) is 1. The van der Waals surface area contributed by atoms with E-state index in [2.05, 4.69) is 9.73 Å². The average Bonchev–Trinajstić information content (AvgIpc) is 2.17. The van der Waals surface area contributed by atoms with Gasteiger partial charge in [0.05, 0.1) is 12.3 Å². The van der Waals surface area contributed by atoms with Gasteiger partial charge in [0.15, 0.2) is 0 Å². The van der Waals surface area contributed by atoms with Crippen LogP contribution in [0.3, 0.4) is 0 Å². The number of benzene rings is 1. The monoisotopic (exact) mass is 209 g/mol. The summed E-state index contributed by atoms with van der Waals surface area (Å²) in [5, 5.41) is 0. The first-order chi connectivity index (χ1) is 7.13. The summed E-state index contributed by atoms with van der Waals surface area (Å²) in [7, 11) is 0. The summed E-state index contributed by atoms with van der Waals surface area (Å²) < 4.78 is 17.4. The molecule has 0 amide bonds. The Morgan fingerprint density at radius 2 is 2.33 bits per heavy atom. The van der Waals surface area contributed by atoms with Crippen molar-refractivity contribution in [3.63, 3.8) is 0 Å². The maximum atomic E-state index is 12.7. The number of hydrogen-bond donors (Lipinski definition) is 0. The third-order valence-electron chi connectivity index (χ3n) is 1.75. The number of halogens is 1. The zero-order chi connectivity index (χ0) is 11.3.